The summed E-state index contributed by atoms with van der Waals surface area (Å²) in [5.74, 6) is 2.72. The largest absolute Gasteiger partial charge is 0.493 e. The summed E-state index contributed by atoms with van der Waals surface area (Å²) in [5.41, 5.74) is 4.53. The lowest BCUT2D eigenvalue weighted by molar-refractivity contribution is -0.114. The Hall–Kier alpha value is -2.78. The van der Waals surface area contributed by atoms with Crippen molar-refractivity contribution in [2.24, 2.45) is 0 Å². The fraction of sp³-hybridized carbons (Fsp3) is 0.370. The molecule has 0 bridgehead atoms. The first kappa shape index (κ1) is 26.3. The Kier molecular flexibility index (Phi) is 8.41. The number of nitrogens with zero attached hydrogens (tertiary/aromatic N) is 3. The number of fused-ring (bicyclic) bond motifs is 1. The van der Waals surface area contributed by atoms with Gasteiger partial charge >= 0.3 is 0 Å². The number of benzene rings is 2. The third kappa shape index (κ3) is 5.62. The van der Waals surface area contributed by atoms with Crippen molar-refractivity contribution in [3.05, 3.63) is 68.8 Å². The van der Waals surface area contributed by atoms with Crippen LogP contribution in [0.15, 0.2) is 57.3 Å². The lowest BCUT2D eigenvalue weighted by Gasteiger charge is -2.28. The highest BCUT2D eigenvalue weighted by Gasteiger charge is 2.33. The molecule has 0 aliphatic carbocycles. The van der Waals surface area contributed by atoms with Gasteiger partial charge < -0.3 is 14.8 Å². The van der Waals surface area contributed by atoms with Crippen LogP contribution < -0.4 is 14.8 Å². The molecule has 2 heterocycles. The molecule has 1 N–H and O–H groups in total. The molecule has 0 saturated carbocycles. The standard InChI is InChI=1S/C27H31BrN4O3S/c1-6-7-12-36-27-30-26-29-17(3)23(18(4)33)24(32(26)31-27)20-13-21(28)25(22(14-20)34-5)35-15-19-10-8-16(2)9-11-19/h8-11,13-14,24H,6-7,12,15H2,1-5H3,(H,29,30,31). The lowest BCUT2D eigenvalue weighted by atomic mass is 9.93. The van der Waals surface area contributed by atoms with Crippen molar-refractivity contribution in [2.75, 3.05) is 18.2 Å². The first-order valence-electron chi connectivity index (χ1n) is 12.0. The predicted octanol–water partition coefficient (Wildman–Crippen LogP) is 6.71. The molecule has 36 heavy (non-hydrogen) atoms. The molecule has 1 atom stereocenters. The number of aromatic nitrogens is 3. The monoisotopic (exact) mass is 570 g/mol. The number of carbonyl (C=O) groups is 1. The maximum absolute atomic E-state index is 12.8. The third-order valence-corrected chi connectivity index (χ3v) is 7.53. The first-order valence-corrected chi connectivity index (χ1v) is 13.7. The van der Waals surface area contributed by atoms with E-state index in [-0.39, 0.29) is 5.78 Å². The van der Waals surface area contributed by atoms with Gasteiger partial charge in [0.15, 0.2) is 17.3 Å². The summed E-state index contributed by atoms with van der Waals surface area (Å²) in [7, 11) is 1.61. The summed E-state index contributed by atoms with van der Waals surface area (Å²) in [6.45, 7) is 8.11. The van der Waals surface area contributed by atoms with E-state index in [9.17, 15) is 4.79 Å². The van der Waals surface area contributed by atoms with Crippen LogP contribution in [0.5, 0.6) is 11.5 Å². The average Bonchev–Trinajstić information content (AvgIpc) is 3.25. The number of ketones is 1. The van der Waals surface area contributed by atoms with Crippen LogP contribution in [0.4, 0.5) is 5.95 Å². The molecule has 2 aromatic carbocycles. The molecule has 9 heteroatoms. The van der Waals surface area contributed by atoms with E-state index in [1.807, 2.05) is 31.2 Å². The summed E-state index contributed by atoms with van der Waals surface area (Å²) in [4.78, 5) is 17.5. The van der Waals surface area contributed by atoms with Crippen molar-refractivity contribution in [3.63, 3.8) is 0 Å². The molecule has 1 aromatic heterocycles. The van der Waals surface area contributed by atoms with Crippen molar-refractivity contribution in [1.82, 2.24) is 14.8 Å². The van der Waals surface area contributed by atoms with Gasteiger partial charge in [-0.3, -0.25) is 4.79 Å². The second-order valence-electron chi connectivity index (χ2n) is 8.80. The van der Waals surface area contributed by atoms with Gasteiger partial charge in [0, 0.05) is 17.0 Å². The normalized spacial score (nSPS) is 14.9. The zero-order valence-corrected chi connectivity index (χ0v) is 23.6. The molecule has 0 fully saturated rings. The smallest absolute Gasteiger partial charge is 0.227 e. The minimum Gasteiger partial charge on any atom is -0.493 e. The van der Waals surface area contributed by atoms with E-state index in [1.54, 1.807) is 30.5 Å². The van der Waals surface area contributed by atoms with Crippen LogP contribution in [0.25, 0.3) is 0 Å². The lowest BCUT2D eigenvalue weighted by Crippen LogP contribution is -2.28. The molecule has 0 saturated heterocycles. The second kappa shape index (κ2) is 11.5. The number of anilines is 1. The number of hydrogen-bond acceptors (Lipinski definition) is 7. The number of hydrogen-bond donors (Lipinski definition) is 1. The molecule has 0 spiro atoms. The average molecular weight is 572 g/mol. The maximum Gasteiger partial charge on any atom is 0.227 e. The minimum absolute atomic E-state index is 0.0267. The van der Waals surface area contributed by atoms with E-state index in [4.69, 9.17) is 14.6 Å². The molecule has 190 valence electrons. The van der Waals surface area contributed by atoms with Crippen molar-refractivity contribution in [3.8, 4) is 11.5 Å². The molecule has 1 unspecified atom stereocenters. The number of halogens is 1. The Balaban J connectivity index is 1.71. The van der Waals surface area contributed by atoms with Crippen molar-refractivity contribution >= 4 is 39.4 Å². The number of allylic oxidation sites excluding steroid dienone is 2. The molecular weight excluding hydrogens is 540 g/mol. The molecule has 0 radical (unpaired) electrons. The van der Waals surface area contributed by atoms with Crippen LogP contribution in [0.1, 0.15) is 56.3 Å². The van der Waals surface area contributed by atoms with Gasteiger partial charge in [-0.15, -0.1) is 5.10 Å². The zero-order valence-electron chi connectivity index (χ0n) is 21.2. The third-order valence-electron chi connectivity index (χ3n) is 6.01. The van der Waals surface area contributed by atoms with Gasteiger partial charge in [0.25, 0.3) is 0 Å². The molecule has 1 aliphatic rings. The summed E-state index contributed by atoms with van der Waals surface area (Å²) < 4.78 is 14.4. The van der Waals surface area contributed by atoms with Gasteiger partial charge in [0.05, 0.1) is 11.6 Å². The Labute approximate surface area is 224 Å². The van der Waals surface area contributed by atoms with Crippen molar-refractivity contribution in [1.29, 1.82) is 0 Å². The maximum atomic E-state index is 12.8. The SMILES string of the molecule is CCCCSc1nc2n(n1)C(c1cc(Br)c(OCc3ccc(C)cc3)c(OC)c1)C(C(C)=O)=C(C)N2. The molecule has 1 aliphatic heterocycles. The van der Waals surface area contributed by atoms with E-state index in [0.29, 0.717) is 34.8 Å². The van der Waals surface area contributed by atoms with Crippen LogP contribution in [-0.2, 0) is 11.4 Å². The van der Waals surface area contributed by atoms with Gasteiger partial charge in [-0.2, -0.15) is 4.98 Å². The molecular formula is C27H31BrN4O3S. The van der Waals surface area contributed by atoms with Crippen LogP contribution in [0.2, 0.25) is 0 Å². The number of nitrogens with one attached hydrogen (secondary N) is 1. The van der Waals surface area contributed by atoms with Gasteiger partial charge in [-0.25, -0.2) is 4.68 Å². The highest BCUT2D eigenvalue weighted by molar-refractivity contribution is 9.10. The first-order chi connectivity index (χ1) is 17.3. The van der Waals surface area contributed by atoms with Crippen LogP contribution in [0.3, 0.4) is 0 Å². The van der Waals surface area contributed by atoms with Crippen LogP contribution in [0, 0.1) is 6.92 Å². The quantitative estimate of drug-likeness (QED) is 0.214. The molecule has 0 amide bonds. The number of carbonyl (C=O) groups excluding carboxylic acids is 1. The minimum atomic E-state index is -0.442. The Bertz CT molecular complexity index is 1290. The zero-order chi connectivity index (χ0) is 25.8. The van der Waals surface area contributed by atoms with Crippen LogP contribution in [-0.4, -0.2) is 33.4 Å². The summed E-state index contributed by atoms with van der Waals surface area (Å²) in [6.07, 6.45) is 2.21. The highest BCUT2D eigenvalue weighted by Crippen LogP contribution is 2.43. The van der Waals surface area contributed by atoms with Crippen molar-refractivity contribution < 1.29 is 14.3 Å². The molecule has 4 rings (SSSR count). The number of ether oxygens (including phenoxy) is 2. The second-order valence-corrected chi connectivity index (χ2v) is 10.7. The number of methoxy groups -OCH3 is 1. The number of aryl methyl sites for hydroxylation is 1. The fourth-order valence-electron chi connectivity index (χ4n) is 4.14. The van der Waals surface area contributed by atoms with E-state index < -0.39 is 6.04 Å². The molecule has 3 aromatic rings. The highest BCUT2D eigenvalue weighted by atomic mass is 79.9. The van der Waals surface area contributed by atoms with Crippen LogP contribution >= 0.6 is 27.7 Å². The number of unbranched alkanes of at least 4 members (excludes halogenated alkanes) is 1. The predicted molar refractivity (Wildman–Crippen MR) is 147 cm³/mol. The van der Waals surface area contributed by atoms with E-state index in [1.165, 1.54) is 5.56 Å². The van der Waals surface area contributed by atoms with E-state index in [2.05, 4.69) is 52.2 Å². The Morgan fingerprint density at radius 2 is 1.97 bits per heavy atom. The Morgan fingerprint density at radius 3 is 2.64 bits per heavy atom. The van der Waals surface area contributed by atoms with E-state index in [0.717, 1.165) is 39.9 Å². The summed E-state index contributed by atoms with van der Waals surface area (Å²) in [6, 6.07) is 11.7. The topological polar surface area (TPSA) is 78.3 Å². The molecule has 7 nitrogen and oxygen atoms in total. The number of thioether (sulfide) groups is 1. The summed E-state index contributed by atoms with van der Waals surface area (Å²) >= 11 is 5.30. The summed E-state index contributed by atoms with van der Waals surface area (Å²) in [5, 5.41) is 8.73. The van der Waals surface area contributed by atoms with E-state index >= 15 is 0 Å². The Morgan fingerprint density at radius 1 is 1.22 bits per heavy atom. The van der Waals surface area contributed by atoms with Gasteiger partial charge in [0.1, 0.15) is 12.6 Å². The fourth-order valence-corrected chi connectivity index (χ4v) is 5.63. The van der Waals surface area contributed by atoms with Gasteiger partial charge in [-0.1, -0.05) is 54.9 Å². The number of Topliss-reactive ketones (excluding diaryl/α,β-unsaturated/α-hetero) is 1. The van der Waals surface area contributed by atoms with Gasteiger partial charge in [-0.05, 0) is 66.4 Å². The van der Waals surface area contributed by atoms with Crippen molar-refractivity contribution in [2.45, 2.75) is 58.3 Å². The number of rotatable bonds is 10. The van der Waals surface area contributed by atoms with Gasteiger partial charge in [0.2, 0.25) is 11.1 Å².